The molecular formula is C15H21FN2O. The van der Waals surface area contributed by atoms with Crippen LogP contribution in [-0.2, 0) is 4.74 Å². The third-order valence-corrected chi connectivity index (χ3v) is 4.65. The van der Waals surface area contributed by atoms with Gasteiger partial charge < -0.3 is 10.1 Å². The fourth-order valence-electron chi connectivity index (χ4n) is 3.47. The van der Waals surface area contributed by atoms with Gasteiger partial charge in [-0.1, -0.05) is 0 Å². The Morgan fingerprint density at radius 3 is 2.89 bits per heavy atom. The van der Waals surface area contributed by atoms with Crippen LogP contribution in [-0.4, -0.2) is 24.2 Å². The van der Waals surface area contributed by atoms with E-state index in [4.69, 9.17) is 4.74 Å². The van der Waals surface area contributed by atoms with E-state index in [1.807, 2.05) is 7.05 Å². The summed E-state index contributed by atoms with van der Waals surface area (Å²) in [4.78, 5) is 4.24. The van der Waals surface area contributed by atoms with Crippen molar-refractivity contribution in [1.29, 1.82) is 0 Å². The highest BCUT2D eigenvalue weighted by Crippen LogP contribution is 2.46. The number of hydrogen-bond acceptors (Lipinski definition) is 3. The lowest BCUT2D eigenvalue weighted by molar-refractivity contribution is -0.147. The smallest absolute Gasteiger partial charge is 0.141 e. The van der Waals surface area contributed by atoms with Crippen molar-refractivity contribution in [1.82, 2.24) is 10.3 Å². The van der Waals surface area contributed by atoms with Crippen molar-refractivity contribution in [3.63, 3.8) is 0 Å². The highest BCUT2D eigenvalue weighted by Gasteiger charge is 2.44. The van der Waals surface area contributed by atoms with Crippen molar-refractivity contribution < 1.29 is 9.13 Å². The van der Waals surface area contributed by atoms with E-state index in [-0.39, 0.29) is 17.5 Å². The van der Waals surface area contributed by atoms with Gasteiger partial charge in [0.2, 0.25) is 0 Å². The monoisotopic (exact) mass is 264 g/mol. The molecule has 2 heterocycles. The molecule has 1 aromatic rings. The highest BCUT2D eigenvalue weighted by molar-refractivity contribution is 5.12. The van der Waals surface area contributed by atoms with Gasteiger partial charge in [-0.05, 0) is 57.2 Å². The first-order chi connectivity index (χ1) is 9.22. The summed E-state index contributed by atoms with van der Waals surface area (Å²) in [6.07, 6.45) is 7.11. The zero-order chi connectivity index (χ0) is 13.3. The molecule has 0 radical (unpaired) electrons. The van der Waals surface area contributed by atoms with E-state index < -0.39 is 0 Å². The summed E-state index contributed by atoms with van der Waals surface area (Å²) in [7, 11) is 1.96. The summed E-state index contributed by atoms with van der Waals surface area (Å²) >= 11 is 0. The minimum absolute atomic E-state index is 0.137. The van der Waals surface area contributed by atoms with Crippen LogP contribution in [0.3, 0.4) is 0 Å². The van der Waals surface area contributed by atoms with Crippen LogP contribution < -0.4 is 5.32 Å². The maximum absolute atomic E-state index is 13.0. The molecule has 1 aliphatic carbocycles. The minimum atomic E-state index is -0.277. The molecule has 19 heavy (non-hydrogen) atoms. The van der Waals surface area contributed by atoms with Gasteiger partial charge >= 0.3 is 0 Å². The molecule has 0 aromatic carbocycles. The van der Waals surface area contributed by atoms with Crippen LogP contribution >= 0.6 is 0 Å². The molecule has 1 saturated carbocycles. The average molecular weight is 264 g/mol. The number of hydrogen-bond donors (Lipinski definition) is 1. The van der Waals surface area contributed by atoms with Crippen molar-refractivity contribution in [2.45, 2.75) is 43.7 Å². The van der Waals surface area contributed by atoms with Crippen LogP contribution in [0.1, 0.15) is 43.8 Å². The summed E-state index contributed by atoms with van der Waals surface area (Å²) in [5, 5.41) is 3.35. The molecule has 2 fully saturated rings. The molecular weight excluding hydrogens is 243 g/mol. The van der Waals surface area contributed by atoms with E-state index in [2.05, 4.69) is 10.3 Å². The third-order valence-electron chi connectivity index (χ3n) is 4.65. The SMILES string of the molecule is CNC(c1ccc(F)cn1)C1CCOC2(CCC2)C1. The van der Waals surface area contributed by atoms with E-state index in [0.29, 0.717) is 5.92 Å². The summed E-state index contributed by atoms with van der Waals surface area (Å²) < 4.78 is 19.0. The third kappa shape index (κ3) is 2.51. The van der Waals surface area contributed by atoms with Crippen LogP contribution in [0.25, 0.3) is 0 Å². The maximum atomic E-state index is 13.0. The molecule has 4 heteroatoms. The predicted octanol–water partition coefficient (Wildman–Crippen LogP) is 2.83. The first-order valence-electron chi connectivity index (χ1n) is 7.15. The summed E-state index contributed by atoms with van der Waals surface area (Å²) in [5.41, 5.74) is 1.07. The van der Waals surface area contributed by atoms with Gasteiger partial charge in [0.25, 0.3) is 0 Å². The van der Waals surface area contributed by atoms with Crippen LogP contribution in [0.5, 0.6) is 0 Å². The Morgan fingerprint density at radius 1 is 1.47 bits per heavy atom. The van der Waals surface area contributed by atoms with Gasteiger partial charge in [0.1, 0.15) is 5.82 Å². The Kier molecular flexibility index (Phi) is 3.54. The Morgan fingerprint density at radius 2 is 2.32 bits per heavy atom. The van der Waals surface area contributed by atoms with Gasteiger partial charge in [0, 0.05) is 6.61 Å². The normalized spacial score (nSPS) is 26.9. The van der Waals surface area contributed by atoms with Crippen LogP contribution in [0, 0.1) is 11.7 Å². The van der Waals surface area contributed by atoms with Gasteiger partial charge in [-0.3, -0.25) is 4.98 Å². The second kappa shape index (κ2) is 5.17. The predicted molar refractivity (Wildman–Crippen MR) is 71.3 cm³/mol. The average Bonchev–Trinajstić information content (AvgIpc) is 2.40. The van der Waals surface area contributed by atoms with Crippen molar-refractivity contribution in [2.24, 2.45) is 5.92 Å². The zero-order valence-electron chi connectivity index (χ0n) is 11.4. The van der Waals surface area contributed by atoms with Crippen LogP contribution in [0.15, 0.2) is 18.3 Å². The van der Waals surface area contributed by atoms with E-state index in [1.165, 1.54) is 31.5 Å². The van der Waals surface area contributed by atoms with E-state index in [9.17, 15) is 4.39 Å². The molecule has 1 aliphatic heterocycles. The summed E-state index contributed by atoms with van der Waals surface area (Å²) in [6.45, 7) is 0.837. The Hall–Kier alpha value is -1.00. The zero-order valence-corrected chi connectivity index (χ0v) is 11.4. The number of pyridine rings is 1. The highest BCUT2D eigenvalue weighted by atomic mass is 19.1. The van der Waals surface area contributed by atoms with E-state index in [1.54, 1.807) is 6.07 Å². The molecule has 1 spiro atoms. The summed E-state index contributed by atoms with van der Waals surface area (Å²) in [6, 6.07) is 3.48. The topological polar surface area (TPSA) is 34.2 Å². The molecule has 2 atom stereocenters. The lowest BCUT2D eigenvalue weighted by Gasteiger charge is -2.48. The van der Waals surface area contributed by atoms with Gasteiger partial charge in [-0.15, -0.1) is 0 Å². The van der Waals surface area contributed by atoms with Crippen LogP contribution in [0.2, 0.25) is 0 Å². The number of rotatable bonds is 3. The fraction of sp³-hybridized carbons (Fsp3) is 0.667. The number of ether oxygens (including phenoxy) is 1. The lowest BCUT2D eigenvalue weighted by atomic mass is 9.70. The Labute approximate surface area is 113 Å². The van der Waals surface area contributed by atoms with Gasteiger partial charge in [-0.2, -0.15) is 0 Å². The summed E-state index contributed by atoms with van der Waals surface area (Å²) in [5.74, 6) is 0.248. The molecule has 2 unspecified atom stereocenters. The molecule has 0 amide bonds. The minimum Gasteiger partial charge on any atom is -0.375 e. The standard InChI is InChI=1S/C15H21FN2O/c1-17-14(13-4-3-12(16)10-18-13)11-5-8-19-15(9-11)6-2-7-15/h3-4,10-11,14,17H,2,5-9H2,1H3. The fourth-order valence-corrected chi connectivity index (χ4v) is 3.47. The second-order valence-corrected chi connectivity index (χ2v) is 5.81. The van der Waals surface area contributed by atoms with Crippen molar-refractivity contribution in [2.75, 3.05) is 13.7 Å². The van der Waals surface area contributed by atoms with E-state index in [0.717, 1.165) is 25.1 Å². The molecule has 1 aromatic heterocycles. The molecule has 1 saturated heterocycles. The Bertz CT molecular complexity index is 430. The first kappa shape index (κ1) is 13.0. The molecule has 3 nitrogen and oxygen atoms in total. The number of aromatic nitrogens is 1. The Balaban J connectivity index is 1.76. The quantitative estimate of drug-likeness (QED) is 0.911. The van der Waals surface area contributed by atoms with Crippen molar-refractivity contribution in [3.05, 3.63) is 29.8 Å². The van der Waals surface area contributed by atoms with Gasteiger partial charge in [0.15, 0.2) is 0 Å². The van der Waals surface area contributed by atoms with Crippen molar-refractivity contribution >= 4 is 0 Å². The van der Waals surface area contributed by atoms with Gasteiger partial charge in [-0.25, -0.2) is 4.39 Å². The van der Waals surface area contributed by atoms with Crippen LogP contribution in [0.4, 0.5) is 4.39 Å². The number of nitrogens with zero attached hydrogens (tertiary/aromatic N) is 1. The molecule has 1 N–H and O–H groups in total. The van der Waals surface area contributed by atoms with E-state index >= 15 is 0 Å². The number of nitrogens with one attached hydrogen (secondary N) is 1. The largest absolute Gasteiger partial charge is 0.375 e. The number of halogens is 1. The molecule has 2 aliphatic rings. The first-order valence-corrected chi connectivity index (χ1v) is 7.15. The van der Waals surface area contributed by atoms with Gasteiger partial charge in [0.05, 0.1) is 23.5 Å². The lowest BCUT2D eigenvalue weighted by Crippen LogP contribution is -2.47. The van der Waals surface area contributed by atoms with Crippen molar-refractivity contribution in [3.8, 4) is 0 Å². The molecule has 3 rings (SSSR count). The molecule has 104 valence electrons. The second-order valence-electron chi connectivity index (χ2n) is 5.81. The maximum Gasteiger partial charge on any atom is 0.141 e. The molecule has 0 bridgehead atoms.